The van der Waals surface area contributed by atoms with Crippen LogP contribution in [-0.4, -0.2) is 21.6 Å². The summed E-state index contributed by atoms with van der Waals surface area (Å²) in [5.41, 5.74) is 4.17. The molecule has 0 spiro atoms. The van der Waals surface area contributed by atoms with E-state index in [0.717, 1.165) is 24.1 Å². The van der Waals surface area contributed by atoms with Crippen molar-refractivity contribution >= 4 is 17.5 Å². The van der Waals surface area contributed by atoms with Gasteiger partial charge >= 0.3 is 0 Å². The first-order valence-corrected chi connectivity index (χ1v) is 10.4. The molecule has 1 heterocycles. The second-order valence-electron chi connectivity index (χ2n) is 8.01. The van der Waals surface area contributed by atoms with E-state index in [2.05, 4.69) is 15.7 Å². The summed E-state index contributed by atoms with van der Waals surface area (Å²) < 4.78 is 14.9. The van der Waals surface area contributed by atoms with E-state index in [-0.39, 0.29) is 29.6 Å². The third-order valence-corrected chi connectivity index (χ3v) is 5.56. The molecule has 2 aromatic carbocycles. The highest BCUT2D eigenvalue weighted by atomic mass is 19.1. The summed E-state index contributed by atoms with van der Waals surface area (Å²) >= 11 is 0. The maximum absolute atomic E-state index is 13.2. The molecule has 1 saturated carbocycles. The van der Waals surface area contributed by atoms with Crippen LogP contribution in [0.4, 0.5) is 10.1 Å². The lowest BCUT2D eigenvalue weighted by molar-refractivity contribution is -0.117. The van der Waals surface area contributed by atoms with E-state index < -0.39 is 0 Å². The minimum Gasteiger partial charge on any atom is -0.345 e. The zero-order valence-corrected chi connectivity index (χ0v) is 17.8. The molecule has 31 heavy (non-hydrogen) atoms. The third kappa shape index (κ3) is 4.50. The van der Waals surface area contributed by atoms with Crippen molar-refractivity contribution in [1.82, 2.24) is 15.1 Å². The fourth-order valence-electron chi connectivity index (χ4n) is 3.60. The average Bonchev–Trinajstić information content (AvgIpc) is 3.54. The van der Waals surface area contributed by atoms with Gasteiger partial charge < -0.3 is 10.6 Å². The van der Waals surface area contributed by atoms with E-state index in [1.54, 1.807) is 23.7 Å². The molecule has 2 amide bonds. The Morgan fingerprint density at radius 1 is 1.06 bits per heavy atom. The van der Waals surface area contributed by atoms with Crippen molar-refractivity contribution in [3.8, 4) is 5.69 Å². The van der Waals surface area contributed by atoms with Crippen LogP contribution in [0.5, 0.6) is 0 Å². The quantitative estimate of drug-likeness (QED) is 0.618. The molecule has 1 fully saturated rings. The number of aryl methyl sites for hydroxylation is 1. The number of hydrogen-bond acceptors (Lipinski definition) is 3. The summed E-state index contributed by atoms with van der Waals surface area (Å²) in [4.78, 5) is 24.9. The standard InChI is InChI=1S/C24H25FN4O2/c1-14(17-6-10-20(11-7-17)27-23(30)18-4-5-18)26-24(31)22-15(2)28-29(16(22)3)21-12-8-19(25)9-13-21/h6-14,18H,4-5H2,1-3H3,(H,26,31)(H,27,30). The number of nitrogens with zero attached hydrogens (tertiary/aromatic N) is 2. The predicted molar refractivity (Wildman–Crippen MR) is 117 cm³/mol. The second-order valence-corrected chi connectivity index (χ2v) is 8.01. The zero-order chi connectivity index (χ0) is 22.1. The van der Waals surface area contributed by atoms with Crippen LogP contribution in [0.15, 0.2) is 48.5 Å². The van der Waals surface area contributed by atoms with Crippen LogP contribution < -0.4 is 10.6 Å². The van der Waals surface area contributed by atoms with E-state index in [9.17, 15) is 14.0 Å². The lowest BCUT2D eigenvalue weighted by atomic mass is 10.1. The Balaban J connectivity index is 1.46. The Hall–Kier alpha value is -3.48. The Labute approximate surface area is 180 Å². The first kappa shape index (κ1) is 20.8. The van der Waals surface area contributed by atoms with E-state index in [4.69, 9.17) is 0 Å². The van der Waals surface area contributed by atoms with Crippen LogP contribution in [-0.2, 0) is 4.79 Å². The Morgan fingerprint density at radius 2 is 1.71 bits per heavy atom. The number of nitrogens with one attached hydrogen (secondary N) is 2. The number of rotatable bonds is 6. The van der Waals surface area contributed by atoms with Gasteiger partial charge in [0.15, 0.2) is 0 Å². The van der Waals surface area contributed by atoms with E-state index in [0.29, 0.717) is 22.6 Å². The highest BCUT2D eigenvalue weighted by molar-refractivity contribution is 5.97. The molecule has 1 aliphatic rings. The summed E-state index contributed by atoms with van der Waals surface area (Å²) in [6.07, 6.45) is 1.92. The highest BCUT2D eigenvalue weighted by Gasteiger charge is 2.29. The number of anilines is 1. The summed E-state index contributed by atoms with van der Waals surface area (Å²) in [5, 5.41) is 10.4. The smallest absolute Gasteiger partial charge is 0.255 e. The molecule has 0 bridgehead atoms. The number of halogens is 1. The molecule has 0 radical (unpaired) electrons. The molecule has 1 unspecified atom stereocenters. The Kier molecular flexibility index (Phi) is 5.59. The van der Waals surface area contributed by atoms with E-state index in [1.165, 1.54) is 12.1 Å². The fraction of sp³-hybridized carbons (Fsp3) is 0.292. The van der Waals surface area contributed by atoms with Gasteiger partial charge in [0.1, 0.15) is 5.82 Å². The minimum absolute atomic E-state index is 0.0678. The monoisotopic (exact) mass is 420 g/mol. The molecule has 3 aromatic rings. The summed E-state index contributed by atoms with van der Waals surface area (Å²) in [6.45, 7) is 5.51. The summed E-state index contributed by atoms with van der Waals surface area (Å²) in [7, 11) is 0. The first-order valence-electron chi connectivity index (χ1n) is 10.4. The van der Waals surface area contributed by atoms with Crippen molar-refractivity contribution in [2.24, 2.45) is 5.92 Å². The normalized spacial score (nSPS) is 14.2. The number of carbonyl (C=O) groups is 2. The van der Waals surface area contributed by atoms with E-state index in [1.807, 2.05) is 38.1 Å². The average molecular weight is 420 g/mol. The SMILES string of the molecule is Cc1nn(-c2ccc(F)cc2)c(C)c1C(=O)NC(C)c1ccc(NC(=O)C2CC2)cc1. The van der Waals surface area contributed by atoms with Gasteiger partial charge in [0, 0.05) is 11.6 Å². The maximum atomic E-state index is 13.2. The number of hydrogen-bond donors (Lipinski definition) is 2. The van der Waals surface area contributed by atoms with Crippen molar-refractivity contribution in [2.75, 3.05) is 5.32 Å². The largest absolute Gasteiger partial charge is 0.345 e. The molecule has 6 nitrogen and oxygen atoms in total. The maximum Gasteiger partial charge on any atom is 0.255 e. The van der Waals surface area contributed by atoms with Gasteiger partial charge in [-0.2, -0.15) is 5.10 Å². The molecule has 1 aromatic heterocycles. The van der Waals surface area contributed by atoms with Crippen LogP contribution in [0.2, 0.25) is 0 Å². The topological polar surface area (TPSA) is 76.0 Å². The van der Waals surface area contributed by atoms with Crippen LogP contribution in [0.1, 0.15) is 53.1 Å². The van der Waals surface area contributed by atoms with Gasteiger partial charge in [-0.25, -0.2) is 9.07 Å². The number of benzene rings is 2. The van der Waals surface area contributed by atoms with E-state index >= 15 is 0 Å². The van der Waals surface area contributed by atoms with Gasteiger partial charge in [0.25, 0.3) is 5.91 Å². The molecule has 7 heteroatoms. The first-order chi connectivity index (χ1) is 14.8. The van der Waals surface area contributed by atoms with Crippen LogP contribution in [0.3, 0.4) is 0 Å². The van der Waals surface area contributed by atoms with Crippen molar-refractivity contribution in [2.45, 2.75) is 39.7 Å². The molecule has 1 atom stereocenters. The van der Waals surface area contributed by atoms with Crippen LogP contribution in [0, 0.1) is 25.6 Å². The summed E-state index contributed by atoms with van der Waals surface area (Å²) in [5.74, 6) is -0.324. The third-order valence-electron chi connectivity index (χ3n) is 5.56. The van der Waals surface area contributed by atoms with Crippen molar-refractivity contribution in [3.05, 3.63) is 76.9 Å². The van der Waals surface area contributed by atoms with Gasteiger partial charge in [-0.15, -0.1) is 0 Å². The fourth-order valence-corrected chi connectivity index (χ4v) is 3.60. The zero-order valence-electron chi connectivity index (χ0n) is 17.8. The number of aromatic nitrogens is 2. The van der Waals surface area contributed by atoms with Crippen molar-refractivity contribution in [1.29, 1.82) is 0 Å². The molecular weight excluding hydrogens is 395 g/mol. The predicted octanol–water partition coefficient (Wildman–Crippen LogP) is 4.47. The Bertz CT molecular complexity index is 1120. The number of carbonyl (C=O) groups excluding carboxylic acids is 2. The van der Waals surface area contributed by atoms with Gasteiger partial charge in [-0.05, 0) is 75.6 Å². The van der Waals surface area contributed by atoms with Crippen molar-refractivity contribution < 1.29 is 14.0 Å². The Morgan fingerprint density at radius 3 is 2.32 bits per heavy atom. The van der Waals surface area contributed by atoms with Gasteiger partial charge in [-0.3, -0.25) is 9.59 Å². The van der Waals surface area contributed by atoms with Gasteiger partial charge in [-0.1, -0.05) is 12.1 Å². The van der Waals surface area contributed by atoms with Crippen LogP contribution in [0.25, 0.3) is 5.69 Å². The van der Waals surface area contributed by atoms with Gasteiger partial charge in [0.2, 0.25) is 5.91 Å². The number of amides is 2. The molecule has 0 saturated heterocycles. The highest BCUT2D eigenvalue weighted by Crippen LogP contribution is 2.30. The van der Waals surface area contributed by atoms with Crippen molar-refractivity contribution in [3.63, 3.8) is 0 Å². The lowest BCUT2D eigenvalue weighted by Gasteiger charge is -2.15. The molecule has 0 aliphatic heterocycles. The van der Waals surface area contributed by atoms with Gasteiger partial charge in [0.05, 0.1) is 28.7 Å². The molecule has 2 N–H and O–H groups in total. The second kappa shape index (κ2) is 8.34. The minimum atomic E-state index is -0.324. The molecular formula is C24H25FN4O2. The molecule has 1 aliphatic carbocycles. The molecule has 4 rings (SSSR count). The lowest BCUT2D eigenvalue weighted by Crippen LogP contribution is -2.27. The van der Waals surface area contributed by atoms with Crippen LogP contribution >= 0.6 is 0 Å². The molecule has 160 valence electrons. The summed E-state index contributed by atoms with van der Waals surface area (Å²) in [6, 6.07) is 13.3.